The number of benzene rings is 1. The smallest absolute Gasteiger partial charge is 0.261 e. The third-order valence-electron chi connectivity index (χ3n) is 3.16. The SMILES string of the molecule is Cc1ccc(N(C)C(=O)c2ccnc(N)c2F)c(C)c1. The molecule has 1 amide bonds. The third kappa shape index (κ3) is 2.47. The van der Waals surface area contributed by atoms with Gasteiger partial charge in [0.25, 0.3) is 5.91 Å². The predicted molar refractivity (Wildman–Crippen MR) is 77.3 cm³/mol. The van der Waals surface area contributed by atoms with Gasteiger partial charge in [0.2, 0.25) is 0 Å². The average Bonchev–Trinajstić information content (AvgIpc) is 2.40. The molecule has 0 radical (unpaired) electrons. The van der Waals surface area contributed by atoms with Crippen molar-refractivity contribution >= 4 is 17.4 Å². The van der Waals surface area contributed by atoms with Crippen LogP contribution in [0.5, 0.6) is 0 Å². The normalized spacial score (nSPS) is 10.4. The van der Waals surface area contributed by atoms with Crippen LogP contribution in [-0.2, 0) is 0 Å². The highest BCUT2D eigenvalue weighted by atomic mass is 19.1. The second-order valence-electron chi connectivity index (χ2n) is 4.71. The van der Waals surface area contributed by atoms with E-state index in [-0.39, 0.29) is 11.4 Å². The number of anilines is 2. The van der Waals surface area contributed by atoms with Crippen LogP contribution in [0.25, 0.3) is 0 Å². The molecule has 20 heavy (non-hydrogen) atoms. The Kier molecular flexibility index (Phi) is 3.70. The summed E-state index contributed by atoms with van der Waals surface area (Å²) in [5.74, 6) is -1.51. The molecule has 0 aliphatic heterocycles. The zero-order valence-electron chi connectivity index (χ0n) is 11.6. The van der Waals surface area contributed by atoms with Crippen LogP contribution in [0.1, 0.15) is 21.5 Å². The Morgan fingerprint density at radius 1 is 1.30 bits per heavy atom. The molecule has 0 atom stereocenters. The summed E-state index contributed by atoms with van der Waals surface area (Å²) in [5, 5.41) is 0. The molecule has 104 valence electrons. The Morgan fingerprint density at radius 2 is 2.00 bits per heavy atom. The number of halogens is 1. The molecule has 1 aromatic carbocycles. The minimum absolute atomic E-state index is 0.0834. The van der Waals surface area contributed by atoms with Crippen LogP contribution in [0.3, 0.4) is 0 Å². The number of nitrogens with zero attached hydrogens (tertiary/aromatic N) is 2. The molecule has 1 heterocycles. The monoisotopic (exact) mass is 273 g/mol. The molecule has 0 aliphatic carbocycles. The van der Waals surface area contributed by atoms with Crippen LogP contribution in [-0.4, -0.2) is 17.9 Å². The molecule has 2 aromatic rings. The maximum atomic E-state index is 13.9. The van der Waals surface area contributed by atoms with E-state index in [0.717, 1.165) is 16.8 Å². The fourth-order valence-corrected chi connectivity index (χ4v) is 2.10. The number of nitrogens with two attached hydrogens (primary N) is 1. The first-order chi connectivity index (χ1) is 9.41. The van der Waals surface area contributed by atoms with Crippen LogP contribution in [0.2, 0.25) is 0 Å². The van der Waals surface area contributed by atoms with Crippen molar-refractivity contribution in [3.8, 4) is 0 Å². The number of aryl methyl sites for hydroxylation is 2. The highest BCUT2D eigenvalue weighted by molar-refractivity contribution is 6.06. The number of hydrogen-bond donors (Lipinski definition) is 1. The lowest BCUT2D eigenvalue weighted by atomic mass is 10.1. The Hall–Kier alpha value is -2.43. The Bertz CT molecular complexity index is 670. The standard InChI is InChI=1S/C15H16FN3O/c1-9-4-5-12(10(2)8-9)19(3)15(20)11-6-7-18-14(17)13(11)16/h4-8H,1-3H3,(H2,17,18). The summed E-state index contributed by atoms with van der Waals surface area (Å²) in [5.41, 5.74) is 8.09. The lowest BCUT2D eigenvalue weighted by molar-refractivity contribution is 0.0989. The van der Waals surface area contributed by atoms with Crippen LogP contribution >= 0.6 is 0 Å². The van der Waals surface area contributed by atoms with Crippen molar-refractivity contribution in [2.45, 2.75) is 13.8 Å². The summed E-state index contributed by atoms with van der Waals surface area (Å²) in [4.78, 5) is 17.4. The maximum Gasteiger partial charge on any atom is 0.261 e. The van der Waals surface area contributed by atoms with Crippen molar-refractivity contribution in [2.75, 3.05) is 17.7 Å². The minimum Gasteiger partial charge on any atom is -0.381 e. The van der Waals surface area contributed by atoms with Gasteiger partial charge in [0.1, 0.15) is 0 Å². The molecule has 4 nitrogen and oxygen atoms in total. The second-order valence-corrected chi connectivity index (χ2v) is 4.71. The number of carbonyl (C=O) groups excluding carboxylic acids is 1. The first-order valence-electron chi connectivity index (χ1n) is 6.17. The van der Waals surface area contributed by atoms with Crippen molar-refractivity contribution in [3.05, 3.63) is 53.0 Å². The number of hydrogen-bond acceptors (Lipinski definition) is 3. The van der Waals surface area contributed by atoms with Gasteiger partial charge < -0.3 is 10.6 Å². The summed E-state index contributed by atoms with van der Waals surface area (Å²) >= 11 is 0. The van der Waals surface area contributed by atoms with Crippen molar-refractivity contribution < 1.29 is 9.18 Å². The number of pyridine rings is 1. The molecule has 2 rings (SSSR count). The van der Waals surface area contributed by atoms with Gasteiger partial charge in [-0.25, -0.2) is 9.37 Å². The summed E-state index contributed by atoms with van der Waals surface area (Å²) < 4.78 is 13.9. The summed E-state index contributed by atoms with van der Waals surface area (Å²) in [6.07, 6.45) is 1.32. The van der Waals surface area contributed by atoms with E-state index >= 15 is 0 Å². The molecule has 2 N–H and O–H groups in total. The van der Waals surface area contributed by atoms with Gasteiger partial charge in [-0.2, -0.15) is 0 Å². The van der Waals surface area contributed by atoms with E-state index in [1.807, 2.05) is 32.0 Å². The molecular weight excluding hydrogens is 257 g/mol. The highest BCUT2D eigenvalue weighted by Crippen LogP contribution is 2.23. The minimum atomic E-state index is -0.783. The topological polar surface area (TPSA) is 59.2 Å². The summed E-state index contributed by atoms with van der Waals surface area (Å²) in [6.45, 7) is 3.88. The van der Waals surface area contributed by atoms with Gasteiger partial charge >= 0.3 is 0 Å². The Balaban J connectivity index is 2.40. The number of nitrogen functional groups attached to an aromatic ring is 1. The van der Waals surface area contributed by atoms with Crippen molar-refractivity contribution in [1.29, 1.82) is 0 Å². The number of amides is 1. The maximum absolute atomic E-state index is 13.9. The van der Waals surface area contributed by atoms with E-state index < -0.39 is 11.7 Å². The first-order valence-corrected chi connectivity index (χ1v) is 6.17. The molecule has 1 aromatic heterocycles. The first kappa shape index (κ1) is 14.0. The summed E-state index contributed by atoms with van der Waals surface area (Å²) in [6, 6.07) is 7.04. The lowest BCUT2D eigenvalue weighted by Gasteiger charge is -2.20. The highest BCUT2D eigenvalue weighted by Gasteiger charge is 2.20. The van der Waals surface area contributed by atoms with E-state index in [4.69, 9.17) is 5.73 Å². The van der Waals surface area contributed by atoms with Crippen LogP contribution in [0.15, 0.2) is 30.5 Å². The van der Waals surface area contributed by atoms with E-state index in [1.165, 1.54) is 17.2 Å². The van der Waals surface area contributed by atoms with Gasteiger partial charge in [0.05, 0.1) is 5.56 Å². The van der Waals surface area contributed by atoms with Crippen LogP contribution < -0.4 is 10.6 Å². The molecule has 0 spiro atoms. The zero-order valence-corrected chi connectivity index (χ0v) is 11.6. The predicted octanol–water partition coefficient (Wildman–Crippen LogP) is 2.70. The van der Waals surface area contributed by atoms with Gasteiger partial charge in [0.15, 0.2) is 11.6 Å². The van der Waals surface area contributed by atoms with Crippen LogP contribution in [0.4, 0.5) is 15.9 Å². The molecular formula is C15H16FN3O. The van der Waals surface area contributed by atoms with Gasteiger partial charge in [0, 0.05) is 18.9 Å². The molecule has 0 fully saturated rings. The molecule has 0 unspecified atom stereocenters. The molecule has 0 saturated carbocycles. The van der Waals surface area contributed by atoms with E-state index in [1.54, 1.807) is 7.05 Å². The van der Waals surface area contributed by atoms with Gasteiger partial charge in [-0.3, -0.25) is 4.79 Å². The summed E-state index contributed by atoms with van der Waals surface area (Å²) in [7, 11) is 1.61. The van der Waals surface area contributed by atoms with Crippen molar-refractivity contribution in [3.63, 3.8) is 0 Å². The Morgan fingerprint density at radius 3 is 2.65 bits per heavy atom. The van der Waals surface area contributed by atoms with Gasteiger partial charge in [-0.05, 0) is 31.5 Å². The van der Waals surface area contributed by atoms with Crippen molar-refractivity contribution in [2.24, 2.45) is 0 Å². The molecule has 0 saturated heterocycles. The fraction of sp³-hybridized carbons (Fsp3) is 0.200. The largest absolute Gasteiger partial charge is 0.381 e. The fourth-order valence-electron chi connectivity index (χ4n) is 2.10. The number of carbonyl (C=O) groups is 1. The molecule has 0 aliphatic rings. The Labute approximate surface area is 117 Å². The quantitative estimate of drug-likeness (QED) is 0.915. The zero-order chi connectivity index (χ0) is 14.9. The van der Waals surface area contributed by atoms with E-state index in [2.05, 4.69) is 4.98 Å². The van der Waals surface area contributed by atoms with Gasteiger partial charge in [-0.1, -0.05) is 17.7 Å². The molecule has 5 heteroatoms. The van der Waals surface area contributed by atoms with E-state index in [9.17, 15) is 9.18 Å². The third-order valence-corrected chi connectivity index (χ3v) is 3.16. The van der Waals surface area contributed by atoms with Gasteiger partial charge in [-0.15, -0.1) is 0 Å². The molecule has 0 bridgehead atoms. The van der Waals surface area contributed by atoms with Crippen molar-refractivity contribution in [1.82, 2.24) is 4.98 Å². The van der Waals surface area contributed by atoms with Crippen LogP contribution in [0, 0.1) is 19.7 Å². The lowest BCUT2D eigenvalue weighted by Crippen LogP contribution is -2.28. The van der Waals surface area contributed by atoms with E-state index in [0.29, 0.717) is 0 Å². The number of aromatic nitrogens is 1. The number of rotatable bonds is 2. The second kappa shape index (κ2) is 5.28. The average molecular weight is 273 g/mol.